The zero-order valence-corrected chi connectivity index (χ0v) is 10.8. The molecule has 0 aliphatic heterocycles. The molecule has 15 heavy (non-hydrogen) atoms. The predicted molar refractivity (Wildman–Crippen MR) is 62.4 cm³/mol. The van der Waals surface area contributed by atoms with Crippen LogP contribution >= 0.6 is 11.5 Å². The SMILES string of the molecule is CC(C)(N)COc1nc(C(C)(C)C)ns1. The Hall–Kier alpha value is -0.680. The van der Waals surface area contributed by atoms with E-state index in [-0.39, 0.29) is 11.0 Å². The van der Waals surface area contributed by atoms with E-state index in [0.717, 1.165) is 5.82 Å². The standard InChI is InChI=1S/C10H19N3OS/c1-9(2,3)7-12-8(15-13-7)14-6-10(4,5)11/h6,11H2,1-5H3. The normalized spacial score (nSPS) is 12.9. The molecule has 0 bridgehead atoms. The molecule has 86 valence electrons. The van der Waals surface area contributed by atoms with Gasteiger partial charge < -0.3 is 10.5 Å². The highest BCUT2D eigenvalue weighted by atomic mass is 32.1. The Morgan fingerprint density at radius 1 is 1.27 bits per heavy atom. The minimum Gasteiger partial charge on any atom is -0.467 e. The average Bonchev–Trinajstić information content (AvgIpc) is 2.45. The van der Waals surface area contributed by atoms with Crippen LogP contribution in [0.2, 0.25) is 0 Å². The first-order chi connectivity index (χ1) is 6.68. The topological polar surface area (TPSA) is 61.0 Å². The summed E-state index contributed by atoms with van der Waals surface area (Å²) in [6.45, 7) is 10.5. The van der Waals surface area contributed by atoms with E-state index in [1.54, 1.807) is 0 Å². The Balaban J connectivity index is 2.62. The number of ether oxygens (including phenoxy) is 1. The first-order valence-electron chi connectivity index (χ1n) is 4.94. The molecule has 0 radical (unpaired) electrons. The third kappa shape index (κ3) is 4.13. The molecule has 0 atom stereocenters. The first-order valence-corrected chi connectivity index (χ1v) is 5.72. The molecule has 0 aliphatic rings. The third-order valence-electron chi connectivity index (χ3n) is 1.65. The van der Waals surface area contributed by atoms with Crippen LogP contribution in [-0.2, 0) is 5.41 Å². The summed E-state index contributed by atoms with van der Waals surface area (Å²) in [4.78, 5) is 4.31. The van der Waals surface area contributed by atoms with Crippen molar-refractivity contribution in [2.45, 2.75) is 45.6 Å². The van der Waals surface area contributed by atoms with Gasteiger partial charge in [0.15, 0.2) is 5.82 Å². The van der Waals surface area contributed by atoms with E-state index < -0.39 is 0 Å². The van der Waals surface area contributed by atoms with Crippen LogP contribution in [0, 0.1) is 0 Å². The van der Waals surface area contributed by atoms with Crippen molar-refractivity contribution in [2.75, 3.05) is 6.61 Å². The second kappa shape index (κ2) is 4.06. The number of aromatic nitrogens is 2. The van der Waals surface area contributed by atoms with E-state index in [1.165, 1.54) is 11.5 Å². The Bertz CT molecular complexity index is 322. The largest absolute Gasteiger partial charge is 0.467 e. The maximum atomic E-state index is 5.81. The molecule has 0 aromatic carbocycles. The Morgan fingerprint density at radius 3 is 2.27 bits per heavy atom. The van der Waals surface area contributed by atoms with Gasteiger partial charge in [-0.2, -0.15) is 9.36 Å². The molecular weight excluding hydrogens is 210 g/mol. The van der Waals surface area contributed by atoms with Crippen LogP contribution < -0.4 is 10.5 Å². The average molecular weight is 229 g/mol. The van der Waals surface area contributed by atoms with Gasteiger partial charge in [-0.15, -0.1) is 0 Å². The van der Waals surface area contributed by atoms with E-state index in [1.807, 2.05) is 13.8 Å². The van der Waals surface area contributed by atoms with Crippen LogP contribution in [0.25, 0.3) is 0 Å². The molecular formula is C10H19N3OS. The fourth-order valence-electron chi connectivity index (χ4n) is 0.821. The number of nitrogens with two attached hydrogens (primary N) is 1. The summed E-state index contributed by atoms with van der Waals surface area (Å²) in [7, 11) is 0. The van der Waals surface area contributed by atoms with E-state index in [4.69, 9.17) is 10.5 Å². The quantitative estimate of drug-likeness (QED) is 0.860. The number of nitrogens with zero attached hydrogens (tertiary/aromatic N) is 2. The maximum Gasteiger partial charge on any atom is 0.293 e. The minimum absolute atomic E-state index is 0.0314. The van der Waals surface area contributed by atoms with Gasteiger partial charge in [-0.05, 0) is 13.8 Å². The van der Waals surface area contributed by atoms with Crippen molar-refractivity contribution in [2.24, 2.45) is 5.73 Å². The summed E-state index contributed by atoms with van der Waals surface area (Å²) in [6.07, 6.45) is 0. The zero-order valence-electron chi connectivity index (χ0n) is 10.00. The molecule has 5 heteroatoms. The second-order valence-corrected chi connectivity index (χ2v) is 6.13. The number of rotatable bonds is 3. The molecule has 1 heterocycles. The highest BCUT2D eigenvalue weighted by Gasteiger charge is 2.21. The third-order valence-corrected chi connectivity index (χ3v) is 2.28. The van der Waals surface area contributed by atoms with Gasteiger partial charge in [0.05, 0.1) is 0 Å². The molecule has 1 aromatic heterocycles. The van der Waals surface area contributed by atoms with E-state index >= 15 is 0 Å². The molecule has 1 aromatic rings. The zero-order chi connectivity index (χ0) is 11.7. The molecule has 0 fully saturated rings. The Kier molecular flexibility index (Phi) is 3.35. The van der Waals surface area contributed by atoms with Gasteiger partial charge in [0.25, 0.3) is 5.19 Å². The molecule has 1 rings (SSSR count). The van der Waals surface area contributed by atoms with Crippen molar-refractivity contribution >= 4 is 11.5 Å². The van der Waals surface area contributed by atoms with Crippen LogP contribution in [0.1, 0.15) is 40.4 Å². The molecule has 0 unspecified atom stereocenters. The molecule has 2 N–H and O–H groups in total. The van der Waals surface area contributed by atoms with Gasteiger partial charge in [0.1, 0.15) is 6.61 Å². The molecule has 0 aliphatic carbocycles. The molecule has 0 saturated carbocycles. The van der Waals surface area contributed by atoms with Crippen molar-refractivity contribution < 1.29 is 4.74 Å². The molecule has 4 nitrogen and oxygen atoms in total. The molecule has 0 spiro atoms. The lowest BCUT2D eigenvalue weighted by molar-refractivity contribution is 0.241. The van der Waals surface area contributed by atoms with Crippen LogP contribution in [0.4, 0.5) is 0 Å². The number of hydrogen-bond donors (Lipinski definition) is 1. The summed E-state index contributed by atoms with van der Waals surface area (Å²) < 4.78 is 9.72. The van der Waals surface area contributed by atoms with E-state index in [9.17, 15) is 0 Å². The summed E-state index contributed by atoms with van der Waals surface area (Å²) in [5.41, 5.74) is 5.44. The van der Waals surface area contributed by atoms with Crippen LogP contribution in [-0.4, -0.2) is 21.5 Å². The van der Waals surface area contributed by atoms with Gasteiger partial charge >= 0.3 is 0 Å². The monoisotopic (exact) mass is 229 g/mol. The molecule has 0 saturated heterocycles. The van der Waals surface area contributed by atoms with Crippen molar-refractivity contribution in [3.05, 3.63) is 5.82 Å². The fourth-order valence-corrected chi connectivity index (χ4v) is 1.54. The highest BCUT2D eigenvalue weighted by Crippen LogP contribution is 2.24. The van der Waals surface area contributed by atoms with Crippen molar-refractivity contribution in [3.8, 4) is 5.19 Å². The van der Waals surface area contributed by atoms with Gasteiger partial charge in [0, 0.05) is 22.5 Å². The van der Waals surface area contributed by atoms with Gasteiger partial charge in [-0.25, -0.2) is 0 Å². The minimum atomic E-state index is -0.340. The van der Waals surface area contributed by atoms with Crippen LogP contribution in [0.5, 0.6) is 5.19 Å². The first kappa shape index (κ1) is 12.4. The summed E-state index contributed by atoms with van der Waals surface area (Å²) in [6, 6.07) is 0. The highest BCUT2D eigenvalue weighted by molar-refractivity contribution is 7.07. The lowest BCUT2D eigenvalue weighted by atomic mass is 9.96. The molecule has 0 amide bonds. The van der Waals surface area contributed by atoms with E-state index in [0.29, 0.717) is 11.8 Å². The summed E-state index contributed by atoms with van der Waals surface area (Å²) in [5, 5.41) is 0.596. The van der Waals surface area contributed by atoms with Crippen molar-refractivity contribution in [1.29, 1.82) is 0 Å². The smallest absolute Gasteiger partial charge is 0.293 e. The van der Waals surface area contributed by atoms with Crippen molar-refractivity contribution in [1.82, 2.24) is 9.36 Å². The second-order valence-electron chi connectivity index (χ2n) is 5.41. The van der Waals surface area contributed by atoms with E-state index in [2.05, 4.69) is 30.1 Å². The Labute approximate surface area is 95.0 Å². The van der Waals surface area contributed by atoms with Crippen LogP contribution in [0.3, 0.4) is 0 Å². The predicted octanol–water partition coefficient (Wildman–Crippen LogP) is 1.95. The lowest BCUT2D eigenvalue weighted by Crippen LogP contribution is -2.38. The summed E-state index contributed by atoms with van der Waals surface area (Å²) >= 11 is 1.28. The fraction of sp³-hybridized carbons (Fsp3) is 0.800. The summed E-state index contributed by atoms with van der Waals surface area (Å²) in [5.74, 6) is 0.817. The Morgan fingerprint density at radius 2 is 1.87 bits per heavy atom. The van der Waals surface area contributed by atoms with Gasteiger partial charge in [-0.3, -0.25) is 0 Å². The van der Waals surface area contributed by atoms with Crippen molar-refractivity contribution in [3.63, 3.8) is 0 Å². The van der Waals surface area contributed by atoms with Gasteiger partial charge in [0.2, 0.25) is 0 Å². The van der Waals surface area contributed by atoms with Crippen LogP contribution in [0.15, 0.2) is 0 Å². The van der Waals surface area contributed by atoms with Gasteiger partial charge in [-0.1, -0.05) is 20.8 Å². The lowest BCUT2D eigenvalue weighted by Gasteiger charge is -2.17. The number of hydrogen-bond acceptors (Lipinski definition) is 5. The maximum absolute atomic E-state index is 5.81.